The molecule has 3 aromatic rings. The van der Waals surface area contributed by atoms with Crippen LogP contribution in [0, 0.1) is 32.1 Å². The van der Waals surface area contributed by atoms with Gasteiger partial charge in [0.1, 0.15) is 5.69 Å². The lowest BCUT2D eigenvalue weighted by Crippen LogP contribution is -2.31. The first-order valence-corrected chi connectivity index (χ1v) is 8.55. The van der Waals surface area contributed by atoms with Gasteiger partial charge in [-0.25, -0.2) is 4.79 Å². The monoisotopic (exact) mass is 360 g/mol. The van der Waals surface area contributed by atoms with E-state index in [9.17, 15) is 9.59 Å². The Labute approximate surface area is 156 Å². The number of H-pyrrole nitrogens is 1. The lowest BCUT2D eigenvalue weighted by Gasteiger charge is -2.14. The summed E-state index contributed by atoms with van der Waals surface area (Å²) in [5, 5.41) is 12.2. The molecule has 1 heterocycles. The van der Waals surface area contributed by atoms with Crippen LogP contribution in [0.4, 0.5) is 11.4 Å². The average molecular weight is 360 g/mol. The Hall–Kier alpha value is -3.59. The number of hydrogen-bond acceptors (Lipinski definition) is 4. The second kappa shape index (κ2) is 7.34. The summed E-state index contributed by atoms with van der Waals surface area (Å²) in [6.07, 6.45) is 1.51. The van der Waals surface area contributed by atoms with E-state index in [1.54, 1.807) is 18.2 Å². The minimum atomic E-state index is -0.495. The van der Waals surface area contributed by atoms with E-state index in [0.29, 0.717) is 11.3 Å². The predicted molar refractivity (Wildman–Crippen MR) is 106 cm³/mol. The van der Waals surface area contributed by atoms with Gasteiger partial charge in [0.25, 0.3) is 5.56 Å². The number of aromatic amines is 1. The van der Waals surface area contributed by atoms with E-state index in [1.165, 1.54) is 10.8 Å². The van der Waals surface area contributed by atoms with Gasteiger partial charge in [0.2, 0.25) is 0 Å². The minimum absolute atomic E-state index is 0.256. The lowest BCUT2D eigenvalue weighted by atomic mass is 10.1. The van der Waals surface area contributed by atoms with E-state index >= 15 is 0 Å². The zero-order chi connectivity index (χ0) is 19.6. The van der Waals surface area contributed by atoms with Gasteiger partial charge in [-0.2, -0.15) is 5.26 Å². The summed E-state index contributed by atoms with van der Waals surface area (Å²) < 4.78 is 1.42. The molecule has 1 aromatic heterocycles. The molecule has 27 heavy (non-hydrogen) atoms. The van der Waals surface area contributed by atoms with Crippen LogP contribution in [0.25, 0.3) is 0 Å². The van der Waals surface area contributed by atoms with Crippen LogP contribution in [0.1, 0.15) is 27.8 Å². The van der Waals surface area contributed by atoms with E-state index < -0.39 is 11.2 Å². The molecule has 0 bridgehead atoms. The fraction of sp³-hybridized carbons (Fsp3) is 0.190. The number of aryl methyl sites for hydroxylation is 3. The maximum atomic E-state index is 12.3. The van der Waals surface area contributed by atoms with E-state index in [4.69, 9.17) is 5.26 Å². The highest BCUT2D eigenvalue weighted by Crippen LogP contribution is 2.24. The van der Waals surface area contributed by atoms with Gasteiger partial charge in [-0.3, -0.25) is 14.3 Å². The van der Waals surface area contributed by atoms with Gasteiger partial charge >= 0.3 is 5.69 Å². The Kier molecular flexibility index (Phi) is 4.95. The van der Waals surface area contributed by atoms with Gasteiger partial charge in [0.15, 0.2) is 0 Å². The molecule has 0 saturated carbocycles. The van der Waals surface area contributed by atoms with Crippen LogP contribution in [0.15, 0.2) is 52.2 Å². The molecule has 2 aromatic carbocycles. The van der Waals surface area contributed by atoms with Crippen molar-refractivity contribution in [3.63, 3.8) is 0 Å². The molecule has 0 aliphatic heterocycles. The standard InChI is InChI=1S/C21H20N4O2/c1-13-7-14(2)19(15(3)8-13)23-18-12-25(21(27)24-20(18)26)11-17-6-4-5-16(9-17)10-22/h4-9,12,23H,11H2,1-3H3,(H,24,26,27). The summed E-state index contributed by atoms with van der Waals surface area (Å²) in [5.74, 6) is 0. The first-order chi connectivity index (χ1) is 12.9. The van der Waals surface area contributed by atoms with Gasteiger partial charge in [0.05, 0.1) is 18.2 Å². The summed E-state index contributed by atoms with van der Waals surface area (Å²) in [5.41, 5.74) is 4.69. The maximum Gasteiger partial charge on any atom is 0.328 e. The molecule has 0 unspecified atom stereocenters. The summed E-state index contributed by atoms with van der Waals surface area (Å²) in [6, 6.07) is 13.2. The number of aromatic nitrogens is 2. The first kappa shape index (κ1) is 18.2. The Balaban J connectivity index is 1.99. The Morgan fingerprint density at radius 2 is 1.81 bits per heavy atom. The van der Waals surface area contributed by atoms with Crippen LogP contribution in [0.3, 0.4) is 0 Å². The normalized spacial score (nSPS) is 10.4. The third-order valence-corrected chi connectivity index (χ3v) is 4.36. The molecule has 0 radical (unpaired) electrons. The van der Waals surface area contributed by atoms with Crippen LogP contribution in [-0.2, 0) is 6.54 Å². The van der Waals surface area contributed by atoms with Crippen LogP contribution in [0.5, 0.6) is 0 Å². The molecular formula is C21H20N4O2. The zero-order valence-corrected chi connectivity index (χ0v) is 15.5. The van der Waals surface area contributed by atoms with Crippen molar-refractivity contribution in [2.45, 2.75) is 27.3 Å². The Morgan fingerprint density at radius 1 is 1.11 bits per heavy atom. The van der Waals surface area contributed by atoms with Crippen molar-refractivity contribution < 1.29 is 0 Å². The quantitative estimate of drug-likeness (QED) is 0.748. The first-order valence-electron chi connectivity index (χ1n) is 8.55. The number of nitriles is 1. The van der Waals surface area contributed by atoms with Gasteiger partial charge in [-0.15, -0.1) is 0 Å². The van der Waals surface area contributed by atoms with Crippen molar-refractivity contribution in [1.82, 2.24) is 9.55 Å². The molecule has 0 atom stereocenters. The molecule has 6 heteroatoms. The largest absolute Gasteiger partial charge is 0.349 e. The second-order valence-corrected chi connectivity index (χ2v) is 6.64. The van der Waals surface area contributed by atoms with Crippen molar-refractivity contribution in [3.05, 3.63) is 91.3 Å². The smallest absolute Gasteiger partial charge is 0.328 e. The highest BCUT2D eigenvalue weighted by molar-refractivity contribution is 5.66. The average Bonchev–Trinajstić information content (AvgIpc) is 2.61. The molecule has 6 nitrogen and oxygen atoms in total. The molecule has 0 saturated heterocycles. The fourth-order valence-corrected chi connectivity index (χ4v) is 3.16. The van der Waals surface area contributed by atoms with E-state index in [0.717, 1.165) is 27.9 Å². The molecule has 0 aliphatic rings. The predicted octanol–water partition coefficient (Wildman–Crippen LogP) is 3.13. The molecular weight excluding hydrogens is 340 g/mol. The van der Waals surface area contributed by atoms with E-state index in [-0.39, 0.29) is 6.54 Å². The second-order valence-electron chi connectivity index (χ2n) is 6.64. The molecule has 3 rings (SSSR count). The van der Waals surface area contributed by atoms with Crippen molar-refractivity contribution in [3.8, 4) is 6.07 Å². The number of nitrogens with zero attached hydrogens (tertiary/aromatic N) is 2. The minimum Gasteiger partial charge on any atom is -0.349 e. The molecule has 0 amide bonds. The van der Waals surface area contributed by atoms with Crippen LogP contribution in [0.2, 0.25) is 0 Å². The zero-order valence-electron chi connectivity index (χ0n) is 15.5. The summed E-state index contributed by atoms with van der Waals surface area (Å²) in [7, 11) is 0. The van der Waals surface area contributed by atoms with E-state index in [2.05, 4.69) is 16.4 Å². The van der Waals surface area contributed by atoms with Gasteiger partial charge in [0, 0.05) is 11.9 Å². The van der Waals surface area contributed by atoms with E-state index in [1.807, 2.05) is 39.0 Å². The van der Waals surface area contributed by atoms with Crippen molar-refractivity contribution in [2.75, 3.05) is 5.32 Å². The van der Waals surface area contributed by atoms with Crippen LogP contribution < -0.4 is 16.6 Å². The number of anilines is 2. The van der Waals surface area contributed by atoms with Gasteiger partial charge in [-0.05, 0) is 49.6 Å². The third kappa shape index (κ3) is 3.98. The lowest BCUT2D eigenvalue weighted by molar-refractivity contribution is 0.723. The Morgan fingerprint density at radius 3 is 2.48 bits per heavy atom. The molecule has 0 aliphatic carbocycles. The van der Waals surface area contributed by atoms with Crippen molar-refractivity contribution in [1.29, 1.82) is 5.26 Å². The fourth-order valence-electron chi connectivity index (χ4n) is 3.16. The third-order valence-electron chi connectivity index (χ3n) is 4.36. The SMILES string of the molecule is Cc1cc(C)c(Nc2cn(Cc3cccc(C#N)c3)c(=O)[nH]c2=O)c(C)c1. The molecule has 2 N–H and O–H groups in total. The topological polar surface area (TPSA) is 90.7 Å². The highest BCUT2D eigenvalue weighted by Gasteiger charge is 2.10. The number of hydrogen-bond donors (Lipinski definition) is 2. The summed E-state index contributed by atoms with van der Waals surface area (Å²) in [6.45, 7) is 6.22. The van der Waals surface area contributed by atoms with Crippen molar-refractivity contribution >= 4 is 11.4 Å². The maximum absolute atomic E-state index is 12.3. The Bertz CT molecular complexity index is 1140. The van der Waals surface area contributed by atoms with Gasteiger partial charge in [-0.1, -0.05) is 29.8 Å². The highest BCUT2D eigenvalue weighted by atomic mass is 16.2. The molecule has 0 fully saturated rings. The van der Waals surface area contributed by atoms with Crippen molar-refractivity contribution in [2.24, 2.45) is 0 Å². The number of benzene rings is 2. The van der Waals surface area contributed by atoms with Crippen LogP contribution in [-0.4, -0.2) is 9.55 Å². The molecule has 136 valence electrons. The number of nitrogens with one attached hydrogen (secondary N) is 2. The number of rotatable bonds is 4. The van der Waals surface area contributed by atoms with Crippen LogP contribution >= 0.6 is 0 Å². The summed E-state index contributed by atoms with van der Waals surface area (Å²) in [4.78, 5) is 26.8. The summed E-state index contributed by atoms with van der Waals surface area (Å²) >= 11 is 0. The molecule has 0 spiro atoms. The van der Waals surface area contributed by atoms with Gasteiger partial charge < -0.3 is 5.32 Å².